The summed E-state index contributed by atoms with van der Waals surface area (Å²) in [6.45, 7) is 1.71. The minimum absolute atomic E-state index is 0.0718. The van der Waals surface area contributed by atoms with Crippen LogP contribution in [-0.2, 0) is 15.2 Å². The third-order valence-electron chi connectivity index (χ3n) is 5.99. The number of nitrogens with zero attached hydrogens (tertiary/aromatic N) is 1. The number of Topliss-reactive ketones (excluding diaryl/α,β-unsaturated/α-hetero) is 1. The van der Waals surface area contributed by atoms with Crippen LogP contribution in [0.15, 0.2) is 66.7 Å². The Kier molecular flexibility index (Phi) is 5.30. The normalized spacial score (nSPS) is 18.1. The summed E-state index contributed by atoms with van der Waals surface area (Å²) >= 11 is 0. The first kappa shape index (κ1) is 21.7. The average molecular weight is 458 g/mol. The molecule has 0 fully saturated rings. The first-order chi connectivity index (χ1) is 16.3. The van der Waals surface area contributed by atoms with Crippen LogP contribution in [0.25, 0.3) is 0 Å². The van der Waals surface area contributed by atoms with Crippen LogP contribution in [0.5, 0.6) is 11.5 Å². The lowest BCUT2D eigenvalue weighted by Gasteiger charge is -2.22. The van der Waals surface area contributed by atoms with E-state index in [1.165, 1.54) is 11.0 Å². The van der Waals surface area contributed by atoms with Gasteiger partial charge in [-0.2, -0.15) is 0 Å². The maximum atomic E-state index is 13.4. The molecular formula is C26H22N2O6. The molecule has 0 aromatic heterocycles. The Balaban J connectivity index is 1.38. The number of ketones is 1. The largest absolute Gasteiger partial charge is 0.454 e. The molecule has 0 spiro atoms. The van der Waals surface area contributed by atoms with E-state index in [4.69, 9.17) is 9.47 Å². The lowest BCUT2D eigenvalue weighted by atomic mass is 9.88. The number of carbonyl (C=O) groups excluding carboxylic acids is 3. The summed E-state index contributed by atoms with van der Waals surface area (Å²) in [7, 11) is 0. The maximum Gasteiger partial charge on any atom is 0.264 e. The van der Waals surface area contributed by atoms with Crippen LogP contribution in [0.2, 0.25) is 0 Å². The highest BCUT2D eigenvalue weighted by Gasteiger charge is 2.51. The summed E-state index contributed by atoms with van der Waals surface area (Å²) < 4.78 is 10.6. The van der Waals surface area contributed by atoms with Crippen molar-refractivity contribution >= 4 is 29.0 Å². The number of anilines is 2. The van der Waals surface area contributed by atoms with Crippen molar-refractivity contribution in [3.05, 3.63) is 83.4 Å². The summed E-state index contributed by atoms with van der Waals surface area (Å²) in [5, 5.41) is 14.2. The molecule has 8 nitrogen and oxygen atoms in total. The monoisotopic (exact) mass is 458 g/mol. The zero-order chi connectivity index (χ0) is 23.9. The number of amides is 2. The molecule has 2 heterocycles. The molecule has 0 aliphatic carbocycles. The molecule has 1 atom stereocenters. The number of ether oxygens (including phenoxy) is 2. The first-order valence-corrected chi connectivity index (χ1v) is 10.8. The number of aliphatic hydroxyl groups is 1. The van der Waals surface area contributed by atoms with E-state index in [0.717, 1.165) is 5.56 Å². The summed E-state index contributed by atoms with van der Waals surface area (Å²) in [6, 6.07) is 18.6. The van der Waals surface area contributed by atoms with Crippen LogP contribution in [0.3, 0.4) is 0 Å². The molecular weight excluding hydrogens is 436 g/mol. The first-order valence-electron chi connectivity index (χ1n) is 10.8. The van der Waals surface area contributed by atoms with Gasteiger partial charge in [-0.15, -0.1) is 0 Å². The van der Waals surface area contributed by atoms with Crippen molar-refractivity contribution in [2.24, 2.45) is 0 Å². The van der Waals surface area contributed by atoms with Gasteiger partial charge in [0.15, 0.2) is 22.9 Å². The van der Waals surface area contributed by atoms with E-state index in [0.29, 0.717) is 28.4 Å². The minimum atomic E-state index is -2.09. The van der Waals surface area contributed by atoms with Crippen LogP contribution in [0, 0.1) is 6.92 Å². The zero-order valence-corrected chi connectivity index (χ0v) is 18.4. The standard InChI is InChI=1S/C26H22N2O6/c1-16-6-9-18(10-7-16)27-24(30)14-28-20-5-3-2-4-19(20)26(32,25(28)31)13-21(29)17-8-11-22-23(12-17)34-15-33-22/h2-12,32H,13-15H2,1H3,(H,27,30)/t26-/m1/s1. The van der Waals surface area contributed by atoms with Crippen LogP contribution in [0.4, 0.5) is 11.4 Å². The average Bonchev–Trinajstić information content (AvgIpc) is 3.38. The van der Waals surface area contributed by atoms with E-state index < -0.39 is 29.6 Å². The highest BCUT2D eigenvalue weighted by Crippen LogP contribution is 2.43. The molecule has 5 rings (SSSR count). The fourth-order valence-electron chi connectivity index (χ4n) is 4.22. The molecule has 0 saturated carbocycles. The third kappa shape index (κ3) is 3.78. The van der Waals surface area contributed by atoms with Gasteiger partial charge in [0.2, 0.25) is 12.7 Å². The molecule has 0 unspecified atom stereocenters. The van der Waals surface area contributed by atoms with Gasteiger partial charge in [-0.1, -0.05) is 35.9 Å². The van der Waals surface area contributed by atoms with E-state index in [9.17, 15) is 19.5 Å². The number of nitrogens with one attached hydrogen (secondary N) is 1. The third-order valence-corrected chi connectivity index (χ3v) is 5.99. The van der Waals surface area contributed by atoms with E-state index in [-0.39, 0.29) is 18.9 Å². The molecule has 2 N–H and O–H groups in total. The molecule has 2 aliphatic rings. The molecule has 0 saturated heterocycles. The van der Waals surface area contributed by atoms with Crippen LogP contribution >= 0.6 is 0 Å². The Morgan fingerprint density at radius 2 is 1.76 bits per heavy atom. The predicted octanol–water partition coefficient (Wildman–Crippen LogP) is 3.17. The Labute approximate surface area is 195 Å². The highest BCUT2D eigenvalue weighted by molar-refractivity contribution is 6.13. The van der Waals surface area contributed by atoms with Gasteiger partial charge < -0.3 is 19.9 Å². The number of rotatable bonds is 6. The van der Waals surface area contributed by atoms with Crippen molar-refractivity contribution in [1.82, 2.24) is 0 Å². The second kappa shape index (κ2) is 8.31. The van der Waals surface area contributed by atoms with Crippen molar-refractivity contribution in [3.63, 3.8) is 0 Å². The fraction of sp³-hybridized carbons (Fsp3) is 0.192. The van der Waals surface area contributed by atoms with Crippen molar-refractivity contribution in [2.75, 3.05) is 23.6 Å². The van der Waals surface area contributed by atoms with E-state index >= 15 is 0 Å². The maximum absolute atomic E-state index is 13.4. The number of para-hydroxylation sites is 1. The van der Waals surface area contributed by atoms with Crippen LogP contribution in [0.1, 0.15) is 27.9 Å². The predicted molar refractivity (Wildman–Crippen MR) is 124 cm³/mol. The Morgan fingerprint density at radius 3 is 2.56 bits per heavy atom. The van der Waals surface area contributed by atoms with Gasteiger partial charge in [-0.05, 0) is 43.3 Å². The summed E-state index contributed by atoms with van der Waals surface area (Å²) in [5.74, 6) is -0.608. The highest BCUT2D eigenvalue weighted by atomic mass is 16.7. The Morgan fingerprint density at radius 1 is 1.03 bits per heavy atom. The fourth-order valence-corrected chi connectivity index (χ4v) is 4.22. The lowest BCUT2D eigenvalue weighted by molar-refractivity contribution is -0.136. The number of benzene rings is 3. The van der Waals surface area contributed by atoms with Crippen molar-refractivity contribution in [3.8, 4) is 11.5 Å². The summed E-state index contributed by atoms with van der Waals surface area (Å²) in [4.78, 5) is 40.3. The van der Waals surface area contributed by atoms with Crippen LogP contribution in [-0.4, -0.2) is 36.0 Å². The molecule has 3 aromatic carbocycles. The number of fused-ring (bicyclic) bond motifs is 2. The SMILES string of the molecule is Cc1ccc(NC(=O)CN2C(=O)[C@@](O)(CC(=O)c3ccc4c(c3)OCO4)c3ccccc32)cc1. The molecule has 2 aliphatic heterocycles. The smallest absolute Gasteiger partial charge is 0.264 e. The van der Waals surface area contributed by atoms with Crippen molar-refractivity contribution in [2.45, 2.75) is 18.9 Å². The van der Waals surface area contributed by atoms with Gasteiger partial charge in [0.1, 0.15) is 6.54 Å². The van der Waals surface area contributed by atoms with Gasteiger partial charge in [0.25, 0.3) is 5.91 Å². The Hall–Kier alpha value is -4.17. The van der Waals surface area contributed by atoms with E-state index in [1.807, 2.05) is 19.1 Å². The second-order valence-electron chi connectivity index (χ2n) is 8.35. The quantitative estimate of drug-likeness (QED) is 0.550. The Bertz CT molecular complexity index is 1300. The minimum Gasteiger partial charge on any atom is -0.454 e. The van der Waals surface area contributed by atoms with Gasteiger partial charge >= 0.3 is 0 Å². The summed E-state index contributed by atoms with van der Waals surface area (Å²) in [6.07, 6.45) is -0.474. The topological polar surface area (TPSA) is 105 Å². The van der Waals surface area contributed by atoms with Crippen molar-refractivity contribution in [1.29, 1.82) is 0 Å². The molecule has 2 amide bonds. The van der Waals surface area contributed by atoms with Gasteiger partial charge in [0, 0.05) is 16.8 Å². The van der Waals surface area contributed by atoms with Gasteiger partial charge in [-0.25, -0.2) is 0 Å². The lowest BCUT2D eigenvalue weighted by Crippen LogP contribution is -2.44. The number of carbonyl (C=O) groups is 3. The molecule has 172 valence electrons. The second-order valence-corrected chi connectivity index (χ2v) is 8.35. The number of hydrogen-bond donors (Lipinski definition) is 2. The molecule has 0 radical (unpaired) electrons. The number of aryl methyl sites for hydroxylation is 1. The molecule has 8 heteroatoms. The van der Waals surface area contributed by atoms with E-state index in [1.54, 1.807) is 48.5 Å². The van der Waals surface area contributed by atoms with Crippen molar-refractivity contribution < 1.29 is 29.0 Å². The van der Waals surface area contributed by atoms with E-state index in [2.05, 4.69) is 5.32 Å². The molecule has 0 bridgehead atoms. The molecule has 3 aromatic rings. The van der Waals surface area contributed by atoms with Gasteiger partial charge in [0.05, 0.1) is 12.1 Å². The van der Waals surface area contributed by atoms with Gasteiger partial charge in [-0.3, -0.25) is 19.3 Å². The zero-order valence-electron chi connectivity index (χ0n) is 18.4. The summed E-state index contributed by atoms with van der Waals surface area (Å²) in [5.41, 5.74) is 0.541. The molecule has 34 heavy (non-hydrogen) atoms. The number of hydrogen-bond acceptors (Lipinski definition) is 6. The van der Waals surface area contributed by atoms with Crippen LogP contribution < -0.4 is 19.7 Å².